The van der Waals surface area contributed by atoms with Gasteiger partial charge in [0.15, 0.2) is 0 Å². The van der Waals surface area contributed by atoms with Crippen molar-refractivity contribution in [3.63, 3.8) is 0 Å². The molecule has 0 saturated carbocycles. The Hall–Kier alpha value is -2.47. The average molecular weight is 291 g/mol. The Morgan fingerprint density at radius 2 is 1.95 bits per heavy atom. The van der Waals surface area contributed by atoms with E-state index in [-0.39, 0.29) is 12.1 Å². The van der Waals surface area contributed by atoms with Gasteiger partial charge >= 0.3 is 0 Å². The zero-order chi connectivity index (χ0) is 15.4. The Bertz CT molecular complexity index is 674. The van der Waals surface area contributed by atoms with Gasteiger partial charge in [-0.3, -0.25) is 10.6 Å². The highest BCUT2D eigenvalue weighted by molar-refractivity contribution is 5.99. The van der Waals surface area contributed by atoms with Crippen LogP contribution in [0.4, 0.5) is 14.5 Å². The molecule has 6 heteroatoms. The third-order valence-electron chi connectivity index (χ3n) is 3.03. The average Bonchev–Trinajstić information content (AvgIpc) is 2.45. The van der Waals surface area contributed by atoms with Crippen LogP contribution >= 0.6 is 0 Å². The molecule has 0 aliphatic rings. The Morgan fingerprint density at radius 3 is 2.62 bits per heavy atom. The van der Waals surface area contributed by atoms with Crippen molar-refractivity contribution in [2.24, 2.45) is 5.84 Å². The van der Waals surface area contributed by atoms with Gasteiger partial charge in [-0.05, 0) is 30.7 Å². The number of amides is 1. The monoisotopic (exact) mass is 291 g/mol. The highest BCUT2D eigenvalue weighted by atomic mass is 19.1. The minimum Gasteiger partial charge on any atom is -0.348 e. The van der Waals surface area contributed by atoms with Gasteiger partial charge in [0.1, 0.15) is 11.6 Å². The van der Waals surface area contributed by atoms with E-state index in [0.29, 0.717) is 11.3 Å². The van der Waals surface area contributed by atoms with Gasteiger partial charge in [-0.25, -0.2) is 8.78 Å². The number of benzene rings is 2. The summed E-state index contributed by atoms with van der Waals surface area (Å²) in [6, 6.07) is 8.34. The summed E-state index contributed by atoms with van der Waals surface area (Å²) < 4.78 is 26.3. The molecule has 0 bridgehead atoms. The summed E-state index contributed by atoms with van der Waals surface area (Å²) in [5, 5.41) is 2.57. The first-order chi connectivity index (χ1) is 10.0. The predicted molar refractivity (Wildman–Crippen MR) is 76.5 cm³/mol. The molecule has 0 unspecified atom stereocenters. The van der Waals surface area contributed by atoms with E-state index in [0.717, 1.165) is 17.7 Å². The summed E-state index contributed by atoms with van der Waals surface area (Å²) in [5.74, 6) is 3.62. The van der Waals surface area contributed by atoms with Crippen LogP contribution in [-0.2, 0) is 6.54 Å². The summed E-state index contributed by atoms with van der Waals surface area (Å²) in [4.78, 5) is 12.1. The van der Waals surface area contributed by atoms with E-state index < -0.39 is 17.5 Å². The smallest absolute Gasteiger partial charge is 0.253 e. The number of nitrogens with two attached hydrogens (primary N) is 1. The molecule has 0 aromatic heterocycles. The van der Waals surface area contributed by atoms with Gasteiger partial charge in [0, 0.05) is 18.2 Å². The van der Waals surface area contributed by atoms with Crippen molar-refractivity contribution in [1.82, 2.24) is 5.32 Å². The molecule has 110 valence electrons. The fourth-order valence-corrected chi connectivity index (χ4v) is 1.91. The molecule has 0 aliphatic carbocycles. The first-order valence-corrected chi connectivity index (χ1v) is 6.30. The first-order valence-electron chi connectivity index (χ1n) is 6.30. The van der Waals surface area contributed by atoms with Gasteiger partial charge in [-0.2, -0.15) is 0 Å². The van der Waals surface area contributed by atoms with Gasteiger partial charge in [-0.1, -0.05) is 12.1 Å². The Morgan fingerprint density at radius 1 is 1.19 bits per heavy atom. The number of aryl methyl sites for hydroxylation is 1. The normalized spacial score (nSPS) is 10.3. The van der Waals surface area contributed by atoms with E-state index in [9.17, 15) is 13.6 Å². The molecule has 0 radical (unpaired) electrons. The van der Waals surface area contributed by atoms with Crippen molar-refractivity contribution in [3.8, 4) is 0 Å². The zero-order valence-corrected chi connectivity index (χ0v) is 11.4. The van der Waals surface area contributed by atoms with Gasteiger partial charge < -0.3 is 10.7 Å². The lowest BCUT2D eigenvalue weighted by molar-refractivity contribution is 0.0951. The van der Waals surface area contributed by atoms with E-state index in [1.54, 1.807) is 18.2 Å². The molecular formula is C15H15F2N3O. The number of halogens is 2. The molecule has 0 fully saturated rings. The van der Waals surface area contributed by atoms with Crippen molar-refractivity contribution >= 4 is 11.6 Å². The van der Waals surface area contributed by atoms with Crippen LogP contribution < -0.4 is 16.6 Å². The SMILES string of the molecule is Cc1ccc(C(=O)NCc2ccc(F)cc2F)c(NN)c1. The molecule has 2 aromatic carbocycles. The summed E-state index contributed by atoms with van der Waals surface area (Å²) in [5.41, 5.74) is 4.44. The summed E-state index contributed by atoms with van der Waals surface area (Å²) in [6.45, 7) is 1.83. The Kier molecular flexibility index (Phi) is 4.49. The second-order valence-electron chi connectivity index (χ2n) is 4.61. The lowest BCUT2D eigenvalue weighted by atomic mass is 10.1. The molecule has 4 N–H and O–H groups in total. The number of rotatable bonds is 4. The van der Waals surface area contributed by atoms with E-state index >= 15 is 0 Å². The van der Waals surface area contributed by atoms with Gasteiger partial charge in [0.25, 0.3) is 5.91 Å². The van der Waals surface area contributed by atoms with E-state index in [4.69, 9.17) is 5.84 Å². The third kappa shape index (κ3) is 3.55. The number of carbonyl (C=O) groups excluding carboxylic acids is 1. The number of nitrogen functional groups attached to an aromatic ring is 1. The Labute approximate surface area is 120 Å². The van der Waals surface area contributed by atoms with E-state index in [1.165, 1.54) is 6.07 Å². The minimum absolute atomic E-state index is 0.0389. The molecule has 1 amide bonds. The maximum Gasteiger partial charge on any atom is 0.253 e. The molecule has 2 aromatic rings. The summed E-state index contributed by atoms with van der Waals surface area (Å²) in [7, 11) is 0. The molecule has 2 rings (SSSR count). The molecule has 0 atom stereocenters. The lowest BCUT2D eigenvalue weighted by Gasteiger charge is -2.11. The molecule has 0 heterocycles. The highest BCUT2D eigenvalue weighted by Gasteiger charge is 2.12. The molecule has 21 heavy (non-hydrogen) atoms. The maximum absolute atomic E-state index is 13.5. The summed E-state index contributed by atoms with van der Waals surface area (Å²) in [6.07, 6.45) is 0. The van der Waals surface area contributed by atoms with Crippen molar-refractivity contribution in [2.45, 2.75) is 13.5 Å². The lowest BCUT2D eigenvalue weighted by Crippen LogP contribution is -2.25. The second kappa shape index (κ2) is 6.32. The van der Waals surface area contributed by atoms with Gasteiger partial charge in [0.05, 0.1) is 11.3 Å². The van der Waals surface area contributed by atoms with Crippen molar-refractivity contribution in [3.05, 3.63) is 64.7 Å². The molecule has 4 nitrogen and oxygen atoms in total. The van der Waals surface area contributed by atoms with Crippen LogP contribution in [0.2, 0.25) is 0 Å². The highest BCUT2D eigenvalue weighted by Crippen LogP contribution is 2.17. The zero-order valence-electron chi connectivity index (χ0n) is 11.4. The van der Waals surface area contributed by atoms with Crippen molar-refractivity contribution in [1.29, 1.82) is 0 Å². The topological polar surface area (TPSA) is 67.2 Å². The molecular weight excluding hydrogens is 276 g/mol. The number of hydrogen-bond acceptors (Lipinski definition) is 3. The van der Waals surface area contributed by atoms with Crippen molar-refractivity contribution in [2.75, 3.05) is 5.43 Å². The van der Waals surface area contributed by atoms with Crippen LogP contribution in [0.15, 0.2) is 36.4 Å². The van der Waals surface area contributed by atoms with Crippen LogP contribution in [0.3, 0.4) is 0 Å². The quantitative estimate of drug-likeness (QED) is 0.599. The fraction of sp³-hybridized carbons (Fsp3) is 0.133. The van der Waals surface area contributed by atoms with E-state index in [1.807, 2.05) is 6.92 Å². The molecule has 0 saturated heterocycles. The predicted octanol–water partition coefficient (Wildman–Crippen LogP) is 2.49. The van der Waals surface area contributed by atoms with Crippen LogP contribution in [0.5, 0.6) is 0 Å². The van der Waals surface area contributed by atoms with Crippen LogP contribution in [0.1, 0.15) is 21.5 Å². The molecule has 0 spiro atoms. The first kappa shape index (κ1) is 14.9. The van der Waals surface area contributed by atoms with Gasteiger partial charge in [0.2, 0.25) is 0 Å². The largest absolute Gasteiger partial charge is 0.348 e. The van der Waals surface area contributed by atoms with Gasteiger partial charge in [-0.15, -0.1) is 0 Å². The number of nitrogens with one attached hydrogen (secondary N) is 2. The van der Waals surface area contributed by atoms with Crippen LogP contribution in [-0.4, -0.2) is 5.91 Å². The molecule has 0 aliphatic heterocycles. The number of carbonyl (C=O) groups is 1. The third-order valence-corrected chi connectivity index (χ3v) is 3.03. The van der Waals surface area contributed by atoms with E-state index in [2.05, 4.69) is 10.7 Å². The number of hydrogen-bond donors (Lipinski definition) is 3. The van der Waals surface area contributed by atoms with Crippen LogP contribution in [0.25, 0.3) is 0 Å². The second-order valence-corrected chi connectivity index (χ2v) is 4.61. The fourth-order valence-electron chi connectivity index (χ4n) is 1.91. The minimum atomic E-state index is -0.698. The van der Waals surface area contributed by atoms with Crippen molar-refractivity contribution < 1.29 is 13.6 Å². The number of hydrazine groups is 1. The summed E-state index contributed by atoms with van der Waals surface area (Å²) >= 11 is 0. The standard InChI is InChI=1S/C15H15F2N3O/c1-9-2-5-12(14(6-9)20-18)15(21)19-8-10-3-4-11(16)7-13(10)17/h2-7,20H,8,18H2,1H3,(H,19,21). The Balaban J connectivity index is 2.11. The maximum atomic E-state index is 13.5. The van der Waals surface area contributed by atoms with Crippen LogP contribution in [0, 0.1) is 18.6 Å². The number of anilines is 1.